The van der Waals surface area contributed by atoms with Gasteiger partial charge in [-0.1, -0.05) is 43.7 Å². The lowest BCUT2D eigenvalue weighted by Gasteiger charge is -2.33. The van der Waals surface area contributed by atoms with E-state index in [4.69, 9.17) is 4.74 Å². The summed E-state index contributed by atoms with van der Waals surface area (Å²) in [6.07, 6.45) is 4.07. The molecule has 0 heterocycles. The number of rotatable bonds is 6. The van der Waals surface area contributed by atoms with Crippen LogP contribution in [0.5, 0.6) is 0 Å². The largest absolute Gasteiger partial charge is 0.372 e. The fourth-order valence-electron chi connectivity index (χ4n) is 2.55. The number of hydrogen-bond donors (Lipinski definition) is 1. The number of ether oxygens (including phenoxy) is 1. The van der Waals surface area contributed by atoms with Gasteiger partial charge in [0.15, 0.2) is 0 Å². The topological polar surface area (TPSA) is 38.3 Å². The Kier molecular flexibility index (Phi) is 4.59. The molecule has 19 heavy (non-hydrogen) atoms. The highest BCUT2D eigenvalue weighted by molar-refractivity contribution is 5.79. The van der Waals surface area contributed by atoms with Crippen LogP contribution in [-0.4, -0.2) is 19.6 Å². The van der Waals surface area contributed by atoms with Crippen molar-refractivity contribution in [3.8, 4) is 0 Å². The number of carbonyl (C=O) groups excluding carboxylic acids is 1. The van der Waals surface area contributed by atoms with Gasteiger partial charge in [0.2, 0.25) is 5.91 Å². The van der Waals surface area contributed by atoms with Crippen molar-refractivity contribution in [2.45, 2.75) is 38.2 Å². The Morgan fingerprint density at radius 2 is 2.05 bits per heavy atom. The van der Waals surface area contributed by atoms with Crippen LogP contribution in [0.15, 0.2) is 30.3 Å². The summed E-state index contributed by atoms with van der Waals surface area (Å²) in [7, 11) is 1.71. The van der Waals surface area contributed by atoms with E-state index in [9.17, 15) is 4.79 Å². The zero-order valence-electron chi connectivity index (χ0n) is 11.8. The number of benzene rings is 1. The molecule has 0 bridgehead atoms. The second-order valence-corrected chi connectivity index (χ2v) is 5.26. The van der Waals surface area contributed by atoms with Gasteiger partial charge in [0.1, 0.15) is 5.60 Å². The summed E-state index contributed by atoms with van der Waals surface area (Å²) in [6, 6.07) is 10.1. The van der Waals surface area contributed by atoms with Gasteiger partial charge in [-0.2, -0.15) is 0 Å². The van der Waals surface area contributed by atoms with Crippen molar-refractivity contribution in [1.29, 1.82) is 0 Å². The third-order valence-electron chi connectivity index (χ3n) is 4.29. The van der Waals surface area contributed by atoms with E-state index in [-0.39, 0.29) is 11.8 Å². The van der Waals surface area contributed by atoms with Crippen molar-refractivity contribution < 1.29 is 9.53 Å². The van der Waals surface area contributed by atoms with Crippen LogP contribution < -0.4 is 5.32 Å². The molecule has 0 unspecified atom stereocenters. The molecule has 0 radical (unpaired) electrons. The van der Waals surface area contributed by atoms with E-state index in [1.54, 1.807) is 7.11 Å². The van der Waals surface area contributed by atoms with Gasteiger partial charge in [-0.15, -0.1) is 0 Å². The molecule has 0 aromatic heterocycles. The highest BCUT2D eigenvalue weighted by atomic mass is 16.5. The smallest absolute Gasteiger partial charge is 0.223 e. The van der Waals surface area contributed by atoms with Crippen molar-refractivity contribution in [2.75, 3.05) is 13.7 Å². The Balaban J connectivity index is 2.04. The summed E-state index contributed by atoms with van der Waals surface area (Å²) in [5.41, 5.74) is 0.703. The van der Waals surface area contributed by atoms with Crippen LogP contribution in [0.25, 0.3) is 0 Å². The molecule has 0 spiro atoms. The van der Waals surface area contributed by atoms with Gasteiger partial charge >= 0.3 is 0 Å². The Morgan fingerprint density at radius 1 is 1.37 bits per heavy atom. The number of carbonyl (C=O) groups is 1. The number of amides is 1. The summed E-state index contributed by atoms with van der Waals surface area (Å²) in [5, 5.41) is 3.06. The Morgan fingerprint density at radius 3 is 2.53 bits per heavy atom. The monoisotopic (exact) mass is 261 g/mol. The summed E-state index contributed by atoms with van der Waals surface area (Å²) in [6.45, 7) is 2.63. The van der Waals surface area contributed by atoms with Gasteiger partial charge in [0.25, 0.3) is 0 Å². The lowest BCUT2D eigenvalue weighted by molar-refractivity contribution is -0.129. The molecule has 1 aromatic carbocycles. The normalized spacial score (nSPS) is 18.4. The molecule has 0 aliphatic heterocycles. The molecule has 104 valence electrons. The molecule has 2 rings (SSSR count). The zero-order valence-corrected chi connectivity index (χ0v) is 11.8. The molecular formula is C16H23NO2. The Labute approximate surface area is 115 Å². The lowest BCUT2D eigenvalue weighted by Crippen LogP contribution is -2.44. The van der Waals surface area contributed by atoms with Gasteiger partial charge in [-0.05, 0) is 24.8 Å². The highest BCUT2D eigenvalue weighted by Gasteiger charge is 2.32. The van der Waals surface area contributed by atoms with Crippen LogP contribution in [0, 0.1) is 5.92 Å². The van der Waals surface area contributed by atoms with E-state index in [0.717, 1.165) is 24.8 Å². The second-order valence-electron chi connectivity index (χ2n) is 5.26. The predicted octanol–water partition coefficient (Wildman–Crippen LogP) is 2.85. The minimum Gasteiger partial charge on any atom is -0.372 e. The maximum atomic E-state index is 12.0. The van der Waals surface area contributed by atoms with Gasteiger partial charge in [0.05, 0.1) is 6.54 Å². The van der Waals surface area contributed by atoms with E-state index in [1.807, 2.05) is 18.2 Å². The average molecular weight is 261 g/mol. The van der Waals surface area contributed by atoms with Gasteiger partial charge < -0.3 is 10.1 Å². The van der Waals surface area contributed by atoms with Crippen molar-refractivity contribution in [3.05, 3.63) is 35.9 Å². The molecule has 1 aliphatic carbocycles. The van der Waals surface area contributed by atoms with E-state index >= 15 is 0 Å². The van der Waals surface area contributed by atoms with Crippen LogP contribution in [0.4, 0.5) is 0 Å². The number of nitrogens with one attached hydrogen (secondary N) is 1. The molecule has 1 fully saturated rings. The fourth-order valence-corrected chi connectivity index (χ4v) is 2.55. The first-order chi connectivity index (χ1) is 9.22. The van der Waals surface area contributed by atoms with Gasteiger partial charge in [0, 0.05) is 13.0 Å². The molecule has 0 saturated heterocycles. The molecule has 1 aromatic rings. The maximum Gasteiger partial charge on any atom is 0.223 e. The maximum absolute atomic E-state index is 12.0. The van der Waals surface area contributed by atoms with E-state index in [1.165, 1.54) is 6.42 Å². The lowest BCUT2D eigenvalue weighted by atomic mass is 9.84. The molecule has 3 nitrogen and oxygen atoms in total. The molecule has 1 N–H and O–H groups in total. The summed E-state index contributed by atoms with van der Waals surface area (Å²) in [5.74, 6) is 0.402. The minimum atomic E-state index is -0.416. The first kappa shape index (κ1) is 14.1. The molecular weight excluding hydrogens is 238 g/mol. The fraction of sp³-hybridized carbons (Fsp3) is 0.562. The number of methoxy groups -OCH3 is 1. The van der Waals surface area contributed by atoms with Crippen molar-refractivity contribution in [2.24, 2.45) is 5.92 Å². The van der Waals surface area contributed by atoms with Crippen LogP contribution in [0.1, 0.15) is 38.2 Å². The highest BCUT2D eigenvalue weighted by Crippen LogP contribution is 2.30. The van der Waals surface area contributed by atoms with Crippen LogP contribution in [-0.2, 0) is 15.1 Å². The number of hydrogen-bond acceptors (Lipinski definition) is 2. The Bertz CT molecular complexity index is 408. The SMILES string of the molecule is CC[C@@](CNC(=O)C1CCC1)(OC)c1ccccc1. The zero-order chi connectivity index (χ0) is 13.7. The third-order valence-corrected chi connectivity index (χ3v) is 4.29. The molecule has 1 saturated carbocycles. The predicted molar refractivity (Wildman–Crippen MR) is 75.8 cm³/mol. The quantitative estimate of drug-likeness (QED) is 0.855. The van der Waals surface area contributed by atoms with Crippen LogP contribution in [0.2, 0.25) is 0 Å². The standard InChI is InChI=1S/C16H23NO2/c1-3-16(19-2,14-10-5-4-6-11-14)12-17-15(18)13-8-7-9-13/h4-6,10-11,13H,3,7-9,12H2,1-2H3,(H,17,18)/t16-/m0/s1. The molecule has 3 heteroatoms. The second kappa shape index (κ2) is 6.20. The van der Waals surface area contributed by atoms with E-state index in [0.29, 0.717) is 6.54 Å². The molecule has 1 atom stereocenters. The van der Waals surface area contributed by atoms with Gasteiger partial charge in [-0.25, -0.2) is 0 Å². The van der Waals surface area contributed by atoms with Crippen molar-refractivity contribution in [1.82, 2.24) is 5.32 Å². The molecule has 1 amide bonds. The van der Waals surface area contributed by atoms with Crippen molar-refractivity contribution >= 4 is 5.91 Å². The Hall–Kier alpha value is -1.35. The third kappa shape index (κ3) is 2.98. The van der Waals surface area contributed by atoms with Crippen LogP contribution in [0.3, 0.4) is 0 Å². The van der Waals surface area contributed by atoms with Crippen LogP contribution >= 0.6 is 0 Å². The summed E-state index contributed by atoms with van der Waals surface area (Å²) in [4.78, 5) is 12.0. The first-order valence-corrected chi connectivity index (χ1v) is 7.10. The van der Waals surface area contributed by atoms with E-state index in [2.05, 4.69) is 24.4 Å². The van der Waals surface area contributed by atoms with Crippen molar-refractivity contribution in [3.63, 3.8) is 0 Å². The molecule has 1 aliphatic rings. The minimum absolute atomic E-state index is 0.178. The summed E-state index contributed by atoms with van der Waals surface area (Å²) < 4.78 is 5.74. The van der Waals surface area contributed by atoms with E-state index < -0.39 is 5.60 Å². The average Bonchev–Trinajstić information content (AvgIpc) is 2.40. The summed E-state index contributed by atoms with van der Waals surface area (Å²) >= 11 is 0. The first-order valence-electron chi connectivity index (χ1n) is 7.10. The van der Waals surface area contributed by atoms with Gasteiger partial charge in [-0.3, -0.25) is 4.79 Å².